The average molecular weight is 266 g/mol. The zero-order chi connectivity index (χ0) is 13.8. The monoisotopic (exact) mass is 266 g/mol. The number of halogens is 1. The molecule has 1 aliphatic heterocycles. The lowest BCUT2D eigenvalue weighted by Crippen LogP contribution is -2.41. The maximum absolute atomic E-state index is 13.1. The Morgan fingerprint density at radius 1 is 1.53 bits per heavy atom. The molecule has 0 bridgehead atoms. The summed E-state index contributed by atoms with van der Waals surface area (Å²) in [5.74, 6) is -1.36. The van der Waals surface area contributed by atoms with Crippen molar-refractivity contribution in [2.45, 2.75) is 25.8 Å². The minimum absolute atomic E-state index is 0.149. The minimum atomic E-state index is -0.573. The standard InChI is InChI=1S/C13H15FN2O3/c1-2-19-13(18)11-4-3-5-16(11)12(17)9-6-10(14)8-15-7-9/h6-8,11H,2-5H2,1H3. The molecule has 0 N–H and O–H groups in total. The van der Waals surface area contributed by atoms with E-state index in [0.29, 0.717) is 13.0 Å². The van der Waals surface area contributed by atoms with Gasteiger partial charge < -0.3 is 9.64 Å². The van der Waals surface area contributed by atoms with Gasteiger partial charge in [-0.25, -0.2) is 9.18 Å². The number of rotatable bonds is 3. The van der Waals surface area contributed by atoms with Gasteiger partial charge in [0.15, 0.2) is 0 Å². The van der Waals surface area contributed by atoms with Gasteiger partial charge in [-0.3, -0.25) is 9.78 Å². The number of pyridine rings is 1. The van der Waals surface area contributed by atoms with Gasteiger partial charge in [0.05, 0.1) is 18.4 Å². The molecular formula is C13H15FN2O3. The van der Waals surface area contributed by atoms with Gasteiger partial charge in [-0.2, -0.15) is 0 Å². The zero-order valence-corrected chi connectivity index (χ0v) is 10.6. The summed E-state index contributed by atoms with van der Waals surface area (Å²) in [5.41, 5.74) is 0.149. The number of hydrogen-bond donors (Lipinski definition) is 0. The van der Waals surface area contributed by atoms with Gasteiger partial charge in [-0.1, -0.05) is 0 Å². The molecule has 0 aromatic carbocycles. The quantitative estimate of drug-likeness (QED) is 0.776. The van der Waals surface area contributed by atoms with Crippen LogP contribution in [0.5, 0.6) is 0 Å². The van der Waals surface area contributed by atoms with E-state index in [1.165, 1.54) is 11.1 Å². The average Bonchev–Trinajstić information content (AvgIpc) is 2.87. The Labute approximate surface area is 110 Å². The van der Waals surface area contributed by atoms with E-state index in [1.54, 1.807) is 6.92 Å². The molecule has 1 aromatic rings. The molecule has 2 rings (SSSR count). The molecule has 1 amide bonds. The van der Waals surface area contributed by atoms with Gasteiger partial charge in [0.2, 0.25) is 0 Å². The van der Waals surface area contributed by atoms with E-state index in [2.05, 4.69) is 4.98 Å². The predicted molar refractivity (Wildman–Crippen MR) is 64.9 cm³/mol. The van der Waals surface area contributed by atoms with Crippen molar-refractivity contribution in [3.8, 4) is 0 Å². The molecule has 1 fully saturated rings. The normalized spacial score (nSPS) is 18.4. The van der Waals surface area contributed by atoms with Crippen LogP contribution in [0.25, 0.3) is 0 Å². The van der Waals surface area contributed by atoms with Gasteiger partial charge in [0, 0.05) is 12.7 Å². The van der Waals surface area contributed by atoms with Crippen LogP contribution >= 0.6 is 0 Å². The third kappa shape index (κ3) is 2.89. The van der Waals surface area contributed by atoms with Crippen LogP contribution in [0.1, 0.15) is 30.1 Å². The fraction of sp³-hybridized carbons (Fsp3) is 0.462. The van der Waals surface area contributed by atoms with Crippen molar-refractivity contribution in [3.63, 3.8) is 0 Å². The lowest BCUT2D eigenvalue weighted by Gasteiger charge is -2.22. The highest BCUT2D eigenvalue weighted by Crippen LogP contribution is 2.21. The van der Waals surface area contributed by atoms with Crippen LogP contribution in [0.3, 0.4) is 0 Å². The van der Waals surface area contributed by atoms with E-state index >= 15 is 0 Å². The summed E-state index contributed by atoms with van der Waals surface area (Å²) in [6.07, 6.45) is 3.64. The second-order valence-electron chi connectivity index (χ2n) is 4.30. The van der Waals surface area contributed by atoms with Gasteiger partial charge in [0.25, 0.3) is 5.91 Å². The number of hydrogen-bond acceptors (Lipinski definition) is 4. The van der Waals surface area contributed by atoms with Crippen LogP contribution in [-0.4, -0.2) is 41.0 Å². The topological polar surface area (TPSA) is 59.5 Å². The van der Waals surface area contributed by atoms with E-state index < -0.39 is 17.8 Å². The molecule has 102 valence electrons. The van der Waals surface area contributed by atoms with E-state index in [0.717, 1.165) is 18.7 Å². The number of carbonyl (C=O) groups is 2. The summed E-state index contributed by atoms with van der Waals surface area (Å²) < 4.78 is 18.0. The third-order valence-corrected chi connectivity index (χ3v) is 3.02. The molecule has 0 aliphatic carbocycles. The largest absolute Gasteiger partial charge is 0.464 e. The highest BCUT2D eigenvalue weighted by molar-refractivity contribution is 5.96. The molecular weight excluding hydrogens is 251 g/mol. The molecule has 5 nitrogen and oxygen atoms in total. The highest BCUT2D eigenvalue weighted by atomic mass is 19.1. The van der Waals surface area contributed by atoms with Gasteiger partial charge in [0.1, 0.15) is 11.9 Å². The molecule has 1 saturated heterocycles. The fourth-order valence-electron chi connectivity index (χ4n) is 2.19. The molecule has 1 aromatic heterocycles. The Bertz CT molecular complexity index is 493. The summed E-state index contributed by atoms with van der Waals surface area (Å²) >= 11 is 0. The van der Waals surface area contributed by atoms with Crippen molar-refractivity contribution in [2.24, 2.45) is 0 Å². The number of aromatic nitrogens is 1. The summed E-state index contributed by atoms with van der Waals surface area (Å²) in [4.78, 5) is 29.1. The first-order valence-electron chi connectivity index (χ1n) is 6.21. The summed E-state index contributed by atoms with van der Waals surface area (Å²) in [6, 6.07) is 0.547. The minimum Gasteiger partial charge on any atom is -0.464 e. The fourth-order valence-corrected chi connectivity index (χ4v) is 2.19. The number of esters is 1. The second-order valence-corrected chi connectivity index (χ2v) is 4.30. The molecule has 6 heteroatoms. The van der Waals surface area contributed by atoms with E-state index in [9.17, 15) is 14.0 Å². The first kappa shape index (κ1) is 13.5. The Morgan fingerprint density at radius 3 is 3.00 bits per heavy atom. The first-order chi connectivity index (χ1) is 9.13. The maximum atomic E-state index is 13.1. The molecule has 0 saturated carbocycles. The van der Waals surface area contributed by atoms with Gasteiger partial charge >= 0.3 is 5.97 Å². The Hall–Kier alpha value is -1.98. The summed E-state index contributed by atoms with van der Waals surface area (Å²) in [7, 11) is 0. The van der Waals surface area contributed by atoms with Crippen LogP contribution in [0.2, 0.25) is 0 Å². The van der Waals surface area contributed by atoms with Crippen LogP contribution < -0.4 is 0 Å². The lowest BCUT2D eigenvalue weighted by atomic mass is 10.2. The molecule has 1 aliphatic rings. The Morgan fingerprint density at radius 2 is 2.32 bits per heavy atom. The molecule has 19 heavy (non-hydrogen) atoms. The smallest absolute Gasteiger partial charge is 0.328 e. The maximum Gasteiger partial charge on any atom is 0.328 e. The highest BCUT2D eigenvalue weighted by Gasteiger charge is 2.35. The molecule has 0 spiro atoms. The molecule has 2 heterocycles. The van der Waals surface area contributed by atoms with Crippen molar-refractivity contribution >= 4 is 11.9 Å². The SMILES string of the molecule is CCOC(=O)C1CCCN1C(=O)c1cncc(F)c1. The van der Waals surface area contributed by atoms with Gasteiger partial charge in [-0.05, 0) is 25.8 Å². The van der Waals surface area contributed by atoms with E-state index in [1.807, 2.05) is 0 Å². The van der Waals surface area contributed by atoms with Crippen molar-refractivity contribution in [2.75, 3.05) is 13.2 Å². The van der Waals surface area contributed by atoms with E-state index in [4.69, 9.17) is 4.74 Å². The van der Waals surface area contributed by atoms with Crippen LogP contribution in [0.15, 0.2) is 18.5 Å². The van der Waals surface area contributed by atoms with Crippen molar-refractivity contribution < 1.29 is 18.7 Å². The molecule has 0 radical (unpaired) electrons. The predicted octanol–water partition coefficient (Wildman–Crippen LogP) is 1.39. The third-order valence-electron chi connectivity index (χ3n) is 3.02. The number of amides is 1. The zero-order valence-electron chi connectivity index (χ0n) is 10.6. The number of nitrogens with zero attached hydrogens (tertiary/aromatic N) is 2. The number of likely N-dealkylation sites (tertiary alicyclic amines) is 1. The first-order valence-corrected chi connectivity index (χ1v) is 6.21. The lowest BCUT2D eigenvalue weighted by molar-refractivity contribution is -0.147. The van der Waals surface area contributed by atoms with E-state index in [-0.39, 0.29) is 18.1 Å². The number of carbonyl (C=O) groups excluding carboxylic acids is 2. The van der Waals surface area contributed by atoms with Crippen molar-refractivity contribution in [3.05, 3.63) is 29.8 Å². The van der Waals surface area contributed by atoms with Crippen molar-refractivity contribution in [1.82, 2.24) is 9.88 Å². The van der Waals surface area contributed by atoms with Gasteiger partial charge in [-0.15, -0.1) is 0 Å². The Balaban J connectivity index is 2.16. The van der Waals surface area contributed by atoms with Crippen LogP contribution in [0.4, 0.5) is 4.39 Å². The number of ether oxygens (including phenoxy) is 1. The second kappa shape index (κ2) is 5.77. The molecule has 1 unspecified atom stereocenters. The van der Waals surface area contributed by atoms with Crippen molar-refractivity contribution in [1.29, 1.82) is 0 Å². The Kier molecular flexibility index (Phi) is 4.09. The molecule has 1 atom stereocenters. The summed E-state index contributed by atoms with van der Waals surface area (Å²) in [5, 5.41) is 0. The van der Waals surface area contributed by atoms with Crippen LogP contribution in [-0.2, 0) is 9.53 Å². The van der Waals surface area contributed by atoms with Crippen LogP contribution in [0, 0.1) is 5.82 Å². The summed E-state index contributed by atoms with van der Waals surface area (Å²) in [6.45, 7) is 2.47.